The molecule has 1 rings (SSSR count). The first-order valence-corrected chi connectivity index (χ1v) is 6.38. The summed E-state index contributed by atoms with van der Waals surface area (Å²) in [6.07, 6.45) is 3.27. The molecule has 0 aromatic carbocycles. The number of nitrogens with one attached hydrogen (secondary N) is 1. The van der Waals surface area contributed by atoms with E-state index >= 15 is 0 Å². The third kappa shape index (κ3) is 4.34. The van der Waals surface area contributed by atoms with Crippen LogP contribution in [-0.2, 0) is 9.59 Å². The predicted octanol–water partition coefficient (Wildman–Crippen LogP) is 0.241. The zero-order valence-corrected chi connectivity index (χ0v) is 10.7. The SMILES string of the molecule is CCCC(=O)NC1CCCN(C(=O)[C@H](C)N)C1. The molecule has 1 heterocycles. The van der Waals surface area contributed by atoms with Gasteiger partial charge in [-0.05, 0) is 26.2 Å². The van der Waals surface area contributed by atoms with Gasteiger partial charge in [-0.15, -0.1) is 0 Å². The van der Waals surface area contributed by atoms with Crippen molar-refractivity contribution in [2.75, 3.05) is 13.1 Å². The summed E-state index contributed by atoms with van der Waals surface area (Å²) in [4.78, 5) is 25.0. The van der Waals surface area contributed by atoms with Crippen molar-refractivity contribution < 1.29 is 9.59 Å². The second kappa shape index (κ2) is 6.59. The van der Waals surface area contributed by atoms with Crippen molar-refractivity contribution >= 4 is 11.8 Å². The fourth-order valence-electron chi connectivity index (χ4n) is 2.11. The first-order valence-electron chi connectivity index (χ1n) is 6.38. The molecule has 1 fully saturated rings. The Labute approximate surface area is 103 Å². The van der Waals surface area contributed by atoms with E-state index in [1.807, 2.05) is 6.92 Å². The van der Waals surface area contributed by atoms with Gasteiger partial charge in [0.05, 0.1) is 6.04 Å². The largest absolute Gasteiger partial charge is 0.352 e. The quantitative estimate of drug-likeness (QED) is 0.740. The summed E-state index contributed by atoms with van der Waals surface area (Å²) >= 11 is 0. The van der Waals surface area contributed by atoms with Crippen LogP contribution in [0.15, 0.2) is 0 Å². The molecule has 0 bridgehead atoms. The summed E-state index contributed by atoms with van der Waals surface area (Å²) in [6, 6.07) is -0.370. The van der Waals surface area contributed by atoms with Crippen LogP contribution in [0, 0.1) is 0 Å². The van der Waals surface area contributed by atoms with Crippen LogP contribution in [0.5, 0.6) is 0 Å². The van der Waals surface area contributed by atoms with Crippen LogP contribution in [0.4, 0.5) is 0 Å². The Bertz CT molecular complexity index is 279. The fraction of sp³-hybridized carbons (Fsp3) is 0.833. The molecule has 1 aliphatic heterocycles. The van der Waals surface area contributed by atoms with E-state index in [2.05, 4.69) is 5.32 Å². The van der Waals surface area contributed by atoms with Gasteiger partial charge in [0.15, 0.2) is 0 Å². The summed E-state index contributed by atoms with van der Waals surface area (Å²) in [7, 11) is 0. The van der Waals surface area contributed by atoms with Crippen molar-refractivity contribution in [3.63, 3.8) is 0 Å². The van der Waals surface area contributed by atoms with Gasteiger partial charge in [-0.2, -0.15) is 0 Å². The highest BCUT2D eigenvalue weighted by atomic mass is 16.2. The molecule has 1 saturated heterocycles. The minimum Gasteiger partial charge on any atom is -0.352 e. The van der Waals surface area contributed by atoms with E-state index in [-0.39, 0.29) is 17.9 Å². The lowest BCUT2D eigenvalue weighted by Crippen LogP contribution is -2.52. The van der Waals surface area contributed by atoms with Crippen molar-refractivity contribution in [1.82, 2.24) is 10.2 Å². The molecule has 0 spiro atoms. The Morgan fingerprint density at radius 2 is 2.24 bits per heavy atom. The molecule has 1 unspecified atom stereocenters. The molecule has 0 radical (unpaired) electrons. The van der Waals surface area contributed by atoms with Crippen LogP contribution in [0.3, 0.4) is 0 Å². The highest BCUT2D eigenvalue weighted by Crippen LogP contribution is 2.11. The number of carbonyl (C=O) groups excluding carboxylic acids is 2. The van der Waals surface area contributed by atoms with E-state index in [4.69, 9.17) is 5.73 Å². The van der Waals surface area contributed by atoms with Crippen LogP contribution < -0.4 is 11.1 Å². The van der Waals surface area contributed by atoms with Gasteiger partial charge in [-0.3, -0.25) is 9.59 Å². The Hall–Kier alpha value is -1.10. The maximum Gasteiger partial charge on any atom is 0.239 e. The number of hydrogen-bond donors (Lipinski definition) is 2. The molecule has 1 aliphatic rings. The van der Waals surface area contributed by atoms with Crippen LogP contribution >= 0.6 is 0 Å². The van der Waals surface area contributed by atoms with Crippen LogP contribution in [0.2, 0.25) is 0 Å². The lowest BCUT2D eigenvalue weighted by molar-refractivity contribution is -0.134. The van der Waals surface area contributed by atoms with Crippen molar-refractivity contribution in [2.24, 2.45) is 5.73 Å². The van der Waals surface area contributed by atoms with Crippen molar-refractivity contribution in [1.29, 1.82) is 0 Å². The monoisotopic (exact) mass is 241 g/mol. The highest BCUT2D eigenvalue weighted by Gasteiger charge is 2.25. The van der Waals surface area contributed by atoms with E-state index < -0.39 is 6.04 Å². The number of piperidine rings is 1. The molecular formula is C12H23N3O2. The normalized spacial score (nSPS) is 22.1. The molecular weight excluding hydrogens is 218 g/mol. The van der Waals surface area contributed by atoms with Crippen LogP contribution in [0.25, 0.3) is 0 Å². The molecule has 0 aromatic heterocycles. The van der Waals surface area contributed by atoms with Gasteiger partial charge in [-0.1, -0.05) is 6.92 Å². The van der Waals surface area contributed by atoms with Crippen LogP contribution in [0.1, 0.15) is 39.5 Å². The Morgan fingerprint density at radius 1 is 1.53 bits per heavy atom. The zero-order valence-electron chi connectivity index (χ0n) is 10.7. The number of carbonyl (C=O) groups is 2. The molecule has 17 heavy (non-hydrogen) atoms. The average molecular weight is 241 g/mol. The van der Waals surface area contributed by atoms with Gasteiger partial charge in [0, 0.05) is 25.6 Å². The predicted molar refractivity (Wildman–Crippen MR) is 66.3 cm³/mol. The summed E-state index contributed by atoms with van der Waals surface area (Å²) in [5.74, 6) is 0.0482. The molecule has 3 N–H and O–H groups in total. The van der Waals surface area contributed by atoms with Gasteiger partial charge < -0.3 is 16.0 Å². The van der Waals surface area contributed by atoms with Gasteiger partial charge in [0.25, 0.3) is 0 Å². The number of likely N-dealkylation sites (tertiary alicyclic amines) is 1. The summed E-state index contributed by atoms with van der Waals surface area (Å²) in [6.45, 7) is 5.02. The topological polar surface area (TPSA) is 75.4 Å². The maximum atomic E-state index is 11.7. The average Bonchev–Trinajstić information content (AvgIpc) is 2.28. The molecule has 5 heteroatoms. The van der Waals surface area contributed by atoms with E-state index in [9.17, 15) is 9.59 Å². The maximum absolute atomic E-state index is 11.7. The smallest absolute Gasteiger partial charge is 0.239 e. The third-order valence-electron chi connectivity index (χ3n) is 2.96. The van der Waals surface area contributed by atoms with E-state index in [0.29, 0.717) is 13.0 Å². The lowest BCUT2D eigenvalue weighted by atomic mass is 10.0. The Balaban J connectivity index is 2.43. The van der Waals surface area contributed by atoms with Gasteiger partial charge >= 0.3 is 0 Å². The second-order valence-corrected chi connectivity index (χ2v) is 4.73. The minimum absolute atomic E-state index is 0.0283. The van der Waals surface area contributed by atoms with E-state index in [0.717, 1.165) is 25.8 Å². The van der Waals surface area contributed by atoms with E-state index in [1.54, 1.807) is 11.8 Å². The standard InChI is InChI=1S/C12H23N3O2/c1-3-5-11(16)14-10-6-4-7-15(8-10)12(17)9(2)13/h9-10H,3-8,13H2,1-2H3,(H,14,16)/t9-,10?/m0/s1. The van der Waals surface area contributed by atoms with Crippen molar-refractivity contribution in [3.05, 3.63) is 0 Å². The van der Waals surface area contributed by atoms with Crippen molar-refractivity contribution in [2.45, 2.75) is 51.6 Å². The molecule has 0 saturated carbocycles. The molecule has 0 aliphatic carbocycles. The molecule has 0 aromatic rings. The van der Waals surface area contributed by atoms with Crippen molar-refractivity contribution in [3.8, 4) is 0 Å². The Morgan fingerprint density at radius 3 is 2.82 bits per heavy atom. The number of nitrogens with two attached hydrogens (primary N) is 1. The molecule has 98 valence electrons. The summed E-state index contributed by atoms with van der Waals surface area (Å²) < 4.78 is 0. The highest BCUT2D eigenvalue weighted by molar-refractivity contribution is 5.81. The number of nitrogens with zero attached hydrogens (tertiary/aromatic N) is 1. The number of hydrogen-bond acceptors (Lipinski definition) is 3. The van der Waals surface area contributed by atoms with E-state index in [1.165, 1.54) is 0 Å². The number of rotatable bonds is 4. The first-order chi connectivity index (χ1) is 8.04. The van der Waals surface area contributed by atoms with Crippen LogP contribution in [-0.4, -0.2) is 41.9 Å². The third-order valence-corrected chi connectivity index (χ3v) is 2.96. The molecule has 2 amide bonds. The number of amides is 2. The lowest BCUT2D eigenvalue weighted by Gasteiger charge is -2.34. The Kier molecular flexibility index (Phi) is 5.41. The van der Waals surface area contributed by atoms with Gasteiger partial charge in [0.1, 0.15) is 0 Å². The van der Waals surface area contributed by atoms with Gasteiger partial charge in [-0.25, -0.2) is 0 Å². The fourth-order valence-corrected chi connectivity index (χ4v) is 2.11. The second-order valence-electron chi connectivity index (χ2n) is 4.73. The summed E-state index contributed by atoms with van der Waals surface area (Å²) in [5, 5.41) is 2.97. The minimum atomic E-state index is -0.458. The molecule has 2 atom stereocenters. The molecule has 5 nitrogen and oxygen atoms in total. The zero-order chi connectivity index (χ0) is 12.8. The first kappa shape index (κ1) is 14.0. The summed E-state index contributed by atoms with van der Waals surface area (Å²) in [5.41, 5.74) is 5.58. The van der Waals surface area contributed by atoms with Gasteiger partial charge in [0.2, 0.25) is 11.8 Å².